The van der Waals surface area contributed by atoms with Gasteiger partial charge < -0.3 is 14.2 Å². The zero-order valence-electron chi connectivity index (χ0n) is 20.1. The van der Waals surface area contributed by atoms with Gasteiger partial charge in [0.2, 0.25) is 5.78 Å². The number of Topliss-reactive ketones (excluding diaryl/α,β-unsaturated/α-hetero) is 2. The van der Waals surface area contributed by atoms with Gasteiger partial charge in [0, 0.05) is 22.8 Å². The van der Waals surface area contributed by atoms with Crippen LogP contribution in [0.5, 0.6) is 5.75 Å². The van der Waals surface area contributed by atoms with Gasteiger partial charge in [0.15, 0.2) is 5.78 Å². The van der Waals surface area contributed by atoms with Crippen molar-refractivity contribution >= 4 is 46.4 Å². The summed E-state index contributed by atoms with van der Waals surface area (Å²) in [6, 6.07) is 19.1. The fraction of sp³-hybridized carbons (Fsp3) is 0.250. The van der Waals surface area contributed by atoms with Crippen LogP contribution in [-0.4, -0.2) is 51.0 Å². The van der Waals surface area contributed by atoms with Crippen molar-refractivity contribution in [1.82, 2.24) is 0 Å². The molecule has 4 rings (SSSR count). The van der Waals surface area contributed by atoms with E-state index in [1.165, 1.54) is 4.90 Å². The van der Waals surface area contributed by atoms with Gasteiger partial charge in [-0.3, -0.25) is 19.3 Å². The van der Waals surface area contributed by atoms with E-state index in [1.54, 1.807) is 79.9 Å². The first kappa shape index (κ1) is 26.8. The maximum absolute atomic E-state index is 13.9. The van der Waals surface area contributed by atoms with Crippen molar-refractivity contribution in [2.45, 2.75) is 6.04 Å². The standard InChI is InChI=1S/C28H25Cl2NO6/c1-35-13-14-36-15-16-37-23-8-3-2-7-22(23)26(32)24-25(18-9-11-19(29)12-10-18)31(28(34)27(24)33)21-6-4-5-20(30)17-21/h2-12,17,24-25H,13-16H2,1H3. The van der Waals surface area contributed by atoms with Gasteiger partial charge in [-0.25, -0.2) is 0 Å². The molecule has 3 aromatic rings. The van der Waals surface area contributed by atoms with Crippen LogP contribution in [-0.2, 0) is 19.1 Å². The first-order valence-corrected chi connectivity index (χ1v) is 12.4. The molecular formula is C28H25Cl2NO6. The molecule has 1 fully saturated rings. The van der Waals surface area contributed by atoms with Crippen LogP contribution >= 0.6 is 23.2 Å². The fourth-order valence-electron chi connectivity index (χ4n) is 4.26. The summed E-state index contributed by atoms with van der Waals surface area (Å²) in [5.74, 6) is -3.10. The van der Waals surface area contributed by atoms with E-state index in [9.17, 15) is 14.4 Å². The quantitative estimate of drug-likeness (QED) is 0.144. The van der Waals surface area contributed by atoms with Crippen LogP contribution in [0, 0.1) is 5.92 Å². The van der Waals surface area contributed by atoms with Crippen molar-refractivity contribution in [3.05, 3.63) is 94.0 Å². The average molecular weight is 542 g/mol. The van der Waals surface area contributed by atoms with E-state index in [0.717, 1.165) is 0 Å². The minimum atomic E-state index is -1.30. The lowest BCUT2D eigenvalue weighted by Crippen LogP contribution is -2.30. The van der Waals surface area contributed by atoms with Crippen molar-refractivity contribution in [2.75, 3.05) is 38.4 Å². The zero-order valence-corrected chi connectivity index (χ0v) is 21.6. The minimum Gasteiger partial charge on any atom is -0.490 e. The second kappa shape index (κ2) is 12.3. The van der Waals surface area contributed by atoms with Crippen LogP contribution in [0.4, 0.5) is 5.69 Å². The summed E-state index contributed by atoms with van der Waals surface area (Å²) in [6.07, 6.45) is 0. The second-order valence-electron chi connectivity index (χ2n) is 8.31. The van der Waals surface area contributed by atoms with Crippen LogP contribution in [0.2, 0.25) is 10.0 Å². The highest BCUT2D eigenvalue weighted by Gasteiger charge is 2.52. The Morgan fingerprint density at radius 3 is 2.32 bits per heavy atom. The van der Waals surface area contributed by atoms with Crippen molar-refractivity contribution in [1.29, 1.82) is 0 Å². The molecule has 3 aromatic carbocycles. The molecule has 0 spiro atoms. The van der Waals surface area contributed by atoms with Gasteiger partial charge in [0.25, 0.3) is 5.91 Å². The first-order chi connectivity index (χ1) is 17.9. The monoisotopic (exact) mass is 541 g/mol. The van der Waals surface area contributed by atoms with Gasteiger partial charge in [0.05, 0.1) is 31.4 Å². The lowest BCUT2D eigenvalue weighted by Gasteiger charge is -2.27. The molecule has 1 heterocycles. The number of anilines is 1. The Balaban J connectivity index is 1.68. The summed E-state index contributed by atoms with van der Waals surface area (Å²) >= 11 is 12.3. The minimum absolute atomic E-state index is 0.195. The number of hydrogen-bond acceptors (Lipinski definition) is 6. The molecule has 0 bridgehead atoms. The SMILES string of the molecule is COCCOCCOc1ccccc1C(=O)C1C(=O)C(=O)N(c2cccc(Cl)c2)C1c1ccc(Cl)cc1. The number of methoxy groups -OCH3 is 1. The summed E-state index contributed by atoms with van der Waals surface area (Å²) in [5, 5.41) is 0.886. The van der Waals surface area contributed by atoms with Gasteiger partial charge in [-0.05, 0) is 48.0 Å². The van der Waals surface area contributed by atoms with Crippen LogP contribution in [0.25, 0.3) is 0 Å². The number of carbonyl (C=O) groups is 3. The maximum atomic E-state index is 13.9. The van der Waals surface area contributed by atoms with E-state index in [2.05, 4.69) is 0 Å². The maximum Gasteiger partial charge on any atom is 0.295 e. The normalized spacial score (nSPS) is 17.3. The zero-order chi connectivity index (χ0) is 26.4. The van der Waals surface area contributed by atoms with Gasteiger partial charge >= 0.3 is 0 Å². The number of nitrogens with zero attached hydrogens (tertiary/aromatic N) is 1. The van der Waals surface area contributed by atoms with Gasteiger partial charge in [-0.1, -0.05) is 53.5 Å². The van der Waals surface area contributed by atoms with Crippen LogP contribution in [0.3, 0.4) is 0 Å². The third-order valence-electron chi connectivity index (χ3n) is 5.96. The van der Waals surface area contributed by atoms with Crippen LogP contribution in [0.15, 0.2) is 72.8 Å². The van der Waals surface area contributed by atoms with E-state index in [4.69, 9.17) is 37.4 Å². The van der Waals surface area contributed by atoms with Crippen molar-refractivity contribution in [3.8, 4) is 5.75 Å². The van der Waals surface area contributed by atoms with E-state index in [1.807, 2.05) is 0 Å². The topological polar surface area (TPSA) is 82.1 Å². The average Bonchev–Trinajstić information content (AvgIpc) is 3.16. The molecule has 1 amide bonds. The molecule has 7 nitrogen and oxygen atoms in total. The molecule has 2 unspecified atom stereocenters. The number of ketones is 2. The summed E-state index contributed by atoms with van der Waals surface area (Å²) in [6.45, 7) is 1.37. The van der Waals surface area contributed by atoms with Crippen LogP contribution in [0.1, 0.15) is 22.0 Å². The van der Waals surface area contributed by atoms with Crippen molar-refractivity contribution in [3.63, 3.8) is 0 Å². The Morgan fingerprint density at radius 2 is 1.59 bits per heavy atom. The molecule has 0 N–H and O–H groups in total. The molecule has 0 saturated carbocycles. The Labute approximate surface area is 224 Å². The van der Waals surface area contributed by atoms with Crippen molar-refractivity contribution < 1.29 is 28.6 Å². The molecule has 0 aliphatic carbocycles. The first-order valence-electron chi connectivity index (χ1n) is 11.6. The van der Waals surface area contributed by atoms with Gasteiger partial charge in [0.1, 0.15) is 18.3 Å². The molecule has 1 aliphatic heterocycles. The summed E-state index contributed by atoms with van der Waals surface area (Å²) in [7, 11) is 1.58. The molecule has 9 heteroatoms. The fourth-order valence-corrected chi connectivity index (χ4v) is 4.57. The Bertz CT molecular complexity index is 1280. The highest BCUT2D eigenvalue weighted by molar-refractivity contribution is 6.49. The molecule has 0 aromatic heterocycles. The molecule has 1 aliphatic rings. The van der Waals surface area contributed by atoms with E-state index < -0.39 is 29.4 Å². The summed E-state index contributed by atoms with van der Waals surface area (Å²) in [5.41, 5.74) is 1.21. The Morgan fingerprint density at radius 1 is 0.865 bits per heavy atom. The van der Waals surface area contributed by atoms with Crippen molar-refractivity contribution in [2.24, 2.45) is 5.92 Å². The summed E-state index contributed by atoms with van der Waals surface area (Å²) in [4.78, 5) is 41.9. The number of carbonyl (C=O) groups excluding carboxylic acids is 3. The number of ether oxygens (including phenoxy) is 3. The number of hydrogen-bond donors (Lipinski definition) is 0. The molecule has 1 saturated heterocycles. The molecule has 0 radical (unpaired) electrons. The van der Waals surface area contributed by atoms with E-state index in [0.29, 0.717) is 46.9 Å². The third-order valence-corrected chi connectivity index (χ3v) is 6.44. The highest BCUT2D eigenvalue weighted by atomic mass is 35.5. The predicted octanol–water partition coefficient (Wildman–Crippen LogP) is 5.19. The number of benzene rings is 3. The number of para-hydroxylation sites is 1. The highest BCUT2D eigenvalue weighted by Crippen LogP contribution is 2.42. The molecular weight excluding hydrogens is 517 g/mol. The van der Waals surface area contributed by atoms with Gasteiger partial charge in [-0.2, -0.15) is 0 Å². The van der Waals surface area contributed by atoms with E-state index in [-0.39, 0.29) is 12.2 Å². The Hall–Kier alpha value is -3.23. The second-order valence-corrected chi connectivity index (χ2v) is 9.18. The molecule has 2 atom stereocenters. The largest absolute Gasteiger partial charge is 0.490 e. The number of rotatable bonds is 11. The smallest absolute Gasteiger partial charge is 0.295 e. The number of halogens is 2. The summed E-state index contributed by atoms with van der Waals surface area (Å²) < 4.78 is 16.2. The lowest BCUT2D eigenvalue weighted by atomic mass is 9.86. The van der Waals surface area contributed by atoms with Gasteiger partial charge in [-0.15, -0.1) is 0 Å². The third kappa shape index (κ3) is 6.02. The Kier molecular flexibility index (Phi) is 8.95. The molecule has 192 valence electrons. The predicted molar refractivity (Wildman–Crippen MR) is 141 cm³/mol. The lowest BCUT2D eigenvalue weighted by molar-refractivity contribution is -0.135. The van der Waals surface area contributed by atoms with Crippen LogP contribution < -0.4 is 9.64 Å². The molecule has 37 heavy (non-hydrogen) atoms. The number of amides is 1. The van der Waals surface area contributed by atoms with E-state index >= 15 is 0 Å².